The Morgan fingerprint density at radius 2 is 0.704 bits per heavy atom. The van der Waals surface area contributed by atoms with Crippen LogP contribution >= 0.6 is 34.0 Å². The number of fused-ring (bicyclic) bond motifs is 17. The minimum atomic E-state index is -2.88. The van der Waals surface area contributed by atoms with Gasteiger partial charge in [0.2, 0.25) is 0 Å². The first kappa shape index (κ1) is 84.1. The van der Waals surface area contributed by atoms with E-state index in [0.29, 0.717) is 0 Å². The molecule has 24 aromatic rings. The quantitative estimate of drug-likeness (QED) is 0.0845. The van der Waals surface area contributed by atoms with Gasteiger partial charge in [0.05, 0.1) is 73.0 Å². The van der Waals surface area contributed by atoms with E-state index in [1.807, 2.05) is 34.0 Å². The van der Waals surface area contributed by atoms with E-state index in [1.54, 1.807) is 0 Å². The molecular formula is C133H97N5S3Si. The maximum atomic E-state index is 2.70. The van der Waals surface area contributed by atoms with Gasteiger partial charge in [-0.25, -0.2) is 0 Å². The van der Waals surface area contributed by atoms with Crippen LogP contribution in [0.4, 0.5) is 68.2 Å². The van der Waals surface area contributed by atoms with Gasteiger partial charge in [0.1, 0.15) is 8.07 Å². The van der Waals surface area contributed by atoms with E-state index in [1.165, 1.54) is 183 Å². The van der Waals surface area contributed by atoms with E-state index in [9.17, 15) is 0 Å². The monoisotopic (exact) mass is 1890 g/mol. The van der Waals surface area contributed by atoms with Crippen LogP contribution < -0.4 is 30.0 Å². The largest absolute Gasteiger partial charge is 0.311 e. The number of aromatic nitrogens is 1. The minimum Gasteiger partial charge on any atom is -0.311 e. The highest BCUT2D eigenvalue weighted by molar-refractivity contribution is 7.25. The molecule has 8 heterocycles. The zero-order chi connectivity index (χ0) is 94.8. The Morgan fingerprint density at radius 3 is 1.26 bits per heavy atom. The number of thiophene rings is 3. The molecule has 0 N–H and O–H groups in total. The lowest BCUT2D eigenvalue weighted by Crippen LogP contribution is -2.62. The first-order valence-electron chi connectivity index (χ1n) is 49.5. The molecule has 0 aliphatic carbocycles. The molecule has 0 radical (unpaired) electrons. The summed E-state index contributed by atoms with van der Waals surface area (Å²) >= 11 is 5.67. The summed E-state index contributed by atoms with van der Waals surface area (Å²) in [4.78, 5) is 15.6. The van der Waals surface area contributed by atoms with Crippen LogP contribution in [0.1, 0.15) is 95.9 Å². The molecule has 1 unspecified atom stereocenters. The molecule has 0 fully saturated rings. The van der Waals surface area contributed by atoms with Crippen molar-refractivity contribution in [3.63, 3.8) is 0 Å². The topological polar surface area (TPSA) is 17.9 Å². The number of nitrogens with zero attached hydrogens (tertiary/aromatic N) is 5. The Bertz CT molecular complexity index is 9170. The van der Waals surface area contributed by atoms with Gasteiger partial charge in [-0.2, -0.15) is 0 Å². The van der Waals surface area contributed by atoms with E-state index in [2.05, 4.69) is 521 Å². The molecule has 4 aromatic heterocycles. The number of benzene rings is 20. The number of hydrogen-bond donors (Lipinski definition) is 0. The van der Waals surface area contributed by atoms with E-state index < -0.39 is 18.9 Å². The van der Waals surface area contributed by atoms with E-state index in [4.69, 9.17) is 0 Å². The van der Waals surface area contributed by atoms with E-state index in [-0.39, 0.29) is 5.41 Å². The molecule has 4 aliphatic heterocycles. The van der Waals surface area contributed by atoms with Crippen molar-refractivity contribution in [2.24, 2.45) is 0 Å². The van der Waals surface area contributed by atoms with Gasteiger partial charge in [-0.1, -0.05) is 336 Å². The van der Waals surface area contributed by atoms with Crippen LogP contribution in [-0.2, 0) is 22.3 Å². The summed E-state index contributed by atoms with van der Waals surface area (Å²) in [5, 5.41) is 14.8. The molecule has 28 rings (SSSR count). The summed E-state index contributed by atoms with van der Waals surface area (Å²) in [5.74, 6) is 0. The molecule has 1 atom stereocenters. The number of rotatable bonds is 13. The summed E-state index contributed by atoms with van der Waals surface area (Å²) in [7, 11) is -2.88. The third-order valence-electron chi connectivity index (χ3n) is 31.7. The molecule has 142 heavy (non-hydrogen) atoms. The van der Waals surface area contributed by atoms with Crippen LogP contribution in [0.15, 0.2) is 449 Å². The molecular weight excluding hydrogens is 1790 g/mol. The number of hydrogen-bond acceptors (Lipinski definition) is 7. The molecule has 676 valence electrons. The summed E-state index contributed by atoms with van der Waals surface area (Å²) in [6.45, 7) is 16.5. The van der Waals surface area contributed by atoms with Crippen molar-refractivity contribution >= 4 is 195 Å². The first-order valence-corrected chi connectivity index (χ1v) is 54.7. The SMILES string of the molecule is Cc1cc(C)cc(-n2c3ccccc3c3cc4c(cc32)N(c2c3ccccc3c(N3c5ccccc5C(c5ccccc5)(c5ccccc5)c5ccccc53)c3ccccc23)c2ccccc2C4(c2ccccc2)c2cccc(C[Si]3(C)c4ccccc4N(c4cc(-c5ccc(C)s5)c5cc(N6c7ccccc7C(C)(C)c7cc8c(cc76)sc6ccccc68)c(-c6ccc(C)s6)cc5c4)c4ccccc43)c2)c1. The molecule has 5 nitrogen and oxygen atoms in total. The highest BCUT2D eigenvalue weighted by Crippen LogP contribution is 2.66. The number of aryl methyl sites for hydroxylation is 4. The van der Waals surface area contributed by atoms with Crippen molar-refractivity contribution in [2.75, 3.05) is 19.6 Å². The van der Waals surface area contributed by atoms with Crippen LogP contribution in [0, 0.1) is 27.7 Å². The Labute approximate surface area is 840 Å². The van der Waals surface area contributed by atoms with Gasteiger partial charge in [-0.3, -0.25) is 0 Å². The molecule has 0 amide bonds. The molecule has 0 spiro atoms. The van der Waals surface area contributed by atoms with Crippen molar-refractivity contribution in [3.05, 3.63) is 531 Å². The third kappa shape index (κ3) is 12.3. The maximum absolute atomic E-state index is 2.88. The fourth-order valence-corrected chi connectivity index (χ4v) is 32.9. The Hall–Kier alpha value is -16.0. The maximum Gasteiger partial charge on any atom is 0.124 e. The van der Waals surface area contributed by atoms with Gasteiger partial charge < -0.3 is 24.2 Å². The summed E-state index contributed by atoms with van der Waals surface area (Å²) < 4.78 is 5.16. The fraction of sp³-hybridized carbons (Fsp3) is 0.0827. The Kier molecular flexibility index (Phi) is 19.0. The predicted molar refractivity (Wildman–Crippen MR) is 607 cm³/mol. The fourth-order valence-electron chi connectivity index (χ4n) is 25.8. The molecule has 0 saturated carbocycles. The summed E-state index contributed by atoms with van der Waals surface area (Å²) in [5.41, 5.74) is 34.1. The van der Waals surface area contributed by atoms with Crippen LogP contribution in [0.2, 0.25) is 6.55 Å². The van der Waals surface area contributed by atoms with Crippen LogP contribution in [0.25, 0.3) is 101 Å². The smallest absolute Gasteiger partial charge is 0.124 e. The van der Waals surface area contributed by atoms with Crippen molar-refractivity contribution in [1.29, 1.82) is 0 Å². The zero-order valence-electron chi connectivity index (χ0n) is 79.9. The lowest BCUT2D eigenvalue weighted by molar-refractivity contribution is 0.633. The van der Waals surface area contributed by atoms with Crippen molar-refractivity contribution in [2.45, 2.75) is 70.4 Å². The molecule has 9 heteroatoms. The van der Waals surface area contributed by atoms with Crippen LogP contribution in [-0.4, -0.2) is 12.6 Å². The summed E-state index contributed by atoms with van der Waals surface area (Å²) in [6.07, 6.45) is 0. The van der Waals surface area contributed by atoms with E-state index >= 15 is 0 Å². The minimum absolute atomic E-state index is 0.286. The molecule has 0 saturated heterocycles. The van der Waals surface area contributed by atoms with Gasteiger partial charge in [0, 0.05) is 111 Å². The van der Waals surface area contributed by atoms with Crippen molar-refractivity contribution in [1.82, 2.24) is 4.57 Å². The van der Waals surface area contributed by atoms with Crippen LogP contribution in [0.3, 0.4) is 0 Å². The molecule has 4 aliphatic rings. The Balaban J connectivity index is 0.637. The van der Waals surface area contributed by atoms with Gasteiger partial charge in [-0.05, 0) is 261 Å². The lowest BCUT2D eigenvalue weighted by Gasteiger charge is -2.48. The second-order valence-electron chi connectivity index (χ2n) is 40.1. The van der Waals surface area contributed by atoms with Gasteiger partial charge in [0.15, 0.2) is 0 Å². The second-order valence-corrected chi connectivity index (χ2v) is 47.9. The second kappa shape index (κ2) is 32.0. The normalized spacial score (nSPS) is 15.2. The van der Waals surface area contributed by atoms with E-state index in [0.717, 1.165) is 84.1 Å². The number of anilines is 12. The average molecular weight is 1890 g/mol. The van der Waals surface area contributed by atoms with Crippen molar-refractivity contribution < 1.29 is 0 Å². The number of para-hydroxylation sites is 7. The predicted octanol–water partition coefficient (Wildman–Crippen LogP) is 35.5. The third-order valence-corrected chi connectivity index (χ3v) is 39.2. The lowest BCUT2D eigenvalue weighted by atomic mass is 9.62. The van der Waals surface area contributed by atoms with Crippen LogP contribution in [0.5, 0.6) is 0 Å². The van der Waals surface area contributed by atoms with Gasteiger partial charge in [0.25, 0.3) is 0 Å². The molecule has 0 bridgehead atoms. The average Bonchev–Trinajstić information content (AvgIpc) is 0.957. The highest BCUT2D eigenvalue weighted by atomic mass is 32.1. The first-order chi connectivity index (χ1) is 69.7. The van der Waals surface area contributed by atoms with Gasteiger partial charge >= 0.3 is 0 Å². The highest BCUT2D eigenvalue weighted by Gasteiger charge is 2.52. The zero-order valence-corrected chi connectivity index (χ0v) is 83.3. The van der Waals surface area contributed by atoms with Crippen molar-refractivity contribution in [3.8, 4) is 26.6 Å². The molecule has 20 aromatic carbocycles. The summed E-state index contributed by atoms with van der Waals surface area (Å²) in [6, 6.07) is 174. The Morgan fingerprint density at radius 1 is 0.254 bits per heavy atom. The standard InChI is InChI=1S/C133H97N5S3Si/c1-83-70-84(2)72-93(71-83)134-112-56-27-21-46-95(112)102-77-111-121(80-120(102)134)138(130-99-50-19-17-48-97(99)129(98-49-18-20-51-100(98)130)137-114-58-29-24-53-107(114)132(89-39-11-8-12-40-89,90-41-13-9-14-42-90)108-54-25-30-59-115(108)137)116-60-31-26-55-109(116)133(111,91-43-15-10-16-44-91)92-45-37-38-87(73-92)82-142(7)127-64-35-32-61-117(127)135(118-62-33-36-65-128(118)142)94-74-88-75-105(125-69-67-86(4)140-125)119(79-101(88)103(76-94)124-68-66-85(3)139-124)136-113-57-28-23-52-106(113)131(5,6)110-78-104-96-47-22-34-63-123(96)141-126(104)81-122(110)136/h8-81H,82H2,1-7H3. The van der Waals surface area contributed by atoms with Gasteiger partial charge in [-0.15, -0.1) is 34.0 Å².